The summed E-state index contributed by atoms with van der Waals surface area (Å²) in [6, 6.07) is 11.6. The largest absolute Gasteiger partial charge is 0.478 e. The fraction of sp³-hybridized carbons (Fsp3) is 0.316. The summed E-state index contributed by atoms with van der Waals surface area (Å²) in [6.07, 6.45) is -0.524. The van der Waals surface area contributed by atoms with E-state index >= 15 is 0 Å². The van der Waals surface area contributed by atoms with E-state index in [-0.39, 0.29) is 0 Å². The maximum Gasteiger partial charge on any atom is 0.345 e. The normalized spacial score (nSPS) is 12.0. The number of benzene rings is 2. The van der Waals surface area contributed by atoms with Crippen LogP contribution in [0.15, 0.2) is 36.4 Å². The molecule has 3 nitrogen and oxygen atoms in total. The first kappa shape index (κ1) is 16.1. The van der Waals surface area contributed by atoms with Crippen LogP contribution in [0, 0.1) is 27.7 Å². The fourth-order valence-corrected chi connectivity index (χ4v) is 2.68. The Bertz CT molecular complexity index is 649. The molecule has 1 unspecified atom stereocenters. The minimum atomic E-state index is -0.944. The molecule has 22 heavy (non-hydrogen) atoms. The van der Waals surface area contributed by atoms with E-state index in [4.69, 9.17) is 4.74 Å². The molecule has 0 saturated carbocycles. The van der Waals surface area contributed by atoms with Gasteiger partial charge >= 0.3 is 5.97 Å². The molecule has 0 radical (unpaired) electrons. The Morgan fingerprint density at radius 3 is 2.05 bits per heavy atom. The Hall–Kier alpha value is -2.29. The van der Waals surface area contributed by atoms with Gasteiger partial charge in [0, 0.05) is 6.42 Å². The summed E-state index contributed by atoms with van der Waals surface area (Å²) in [5.74, 6) is -0.361. The fourth-order valence-electron chi connectivity index (χ4n) is 2.68. The number of hydrogen-bond acceptors (Lipinski definition) is 2. The van der Waals surface area contributed by atoms with E-state index in [2.05, 4.69) is 12.1 Å². The monoisotopic (exact) mass is 298 g/mol. The van der Waals surface area contributed by atoms with Gasteiger partial charge in [0.05, 0.1) is 0 Å². The number of carboxylic acids is 1. The van der Waals surface area contributed by atoms with Crippen molar-refractivity contribution in [1.82, 2.24) is 0 Å². The Morgan fingerprint density at radius 1 is 1.00 bits per heavy atom. The highest BCUT2D eigenvalue weighted by Crippen LogP contribution is 2.21. The van der Waals surface area contributed by atoms with E-state index in [1.54, 1.807) is 12.1 Å². The van der Waals surface area contributed by atoms with Gasteiger partial charge in [-0.25, -0.2) is 4.79 Å². The van der Waals surface area contributed by atoms with Crippen LogP contribution >= 0.6 is 0 Å². The van der Waals surface area contributed by atoms with Gasteiger partial charge < -0.3 is 9.84 Å². The van der Waals surface area contributed by atoms with Crippen molar-refractivity contribution >= 4 is 5.97 Å². The van der Waals surface area contributed by atoms with Crippen LogP contribution in [-0.4, -0.2) is 17.2 Å². The van der Waals surface area contributed by atoms with Gasteiger partial charge in [-0.2, -0.15) is 0 Å². The minimum absolute atomic E-state index is 0.362. The van der Waals surface area contributed by atoms with Crippen LogP contribution in [0.1, 0.15) is 27.8 Å². The zero-order valence-corrected chi connectivity index (χ0v) is 13.5. The van der Waals surface area contributed by atoms with Crippen LogP contribution in [0.2, 0.25) is 0 Å². The average molecular weight is 298 g/mol. The zero-order chi connectivity index (χ0) is 16.3. The molecule has 1 N–H and O–H groups in total. The predicted octanol–water partition coefficient (Wildman–Crippen LogP) is 3.99. The molecule has 0 bridgehead atoms. The lowest BCUT2D eigenvalue weighted by molar-refractivity contribution is -0.145. The predicted molar refractivity (Wildman–Crippen MR) is 87.6 cm³/mol. The summed E-state index contributed by atoms with van der Waals surface area (Å²) in [5, 5.41) is 9.46. The van der Waals surface area contributed by atoms with Crippen molar-refractivity contribution in [2.45, 2.75) is 40.2 Å². The molecular weight excluding hydrogens is 276 g/mol. The van der Waals surface area contributed by atoms with E-state index in [1.807, 2.05) is 39.8 Å². The van der Waals surface area contributed by atoms with Crippen molar-refractivity contribution in [3.05, 3.63) is 64.2 Å². The average Bonchev–Trinajstić information content (AvgIpc) is 2.43. The lowest BCUT2D eigenvalue weighted by atomic mass is 9.95. The van der Waals surface area contributed by atoms with Gasteiger partial charge in [-0.1, -0.05) is 35.4 Å². The minimum Gasteiger partial charge on any atom is -0.478 e. The molecule has 2 aromatic carbocycles. The number of hydrogen-bond donors (Lipinski definition) is 1. The molecule has 0 heterocycles. The Labute approximate surface area is 131 Å². The summed E-state index contributed by atoms with van der Waals surface area (Å²) in [5.41, 5.74) is 5.56. The second kappa shape index (κ2) is 6.65. The molecule has 2 aromatic rings. The van der Waals surface area contributed by atoms with E-state index in [9.17, 15) is 9.90 Å². The summed E-state index contributed by atoms with van der Waals surface area (Å²) in [7, 11) is 0. The van der Waals surface area contributed by atoms with Crippen LogP contribution in [0.4, 0.5) is 0 Å². The maximum atomic E-state index is 11.5. The van der Waals surface area contributed by atoms with E-state index < -0.39 is 12.1 Å². The first-order chi connectivity index (χ1) is 10.4. The quantitative estimate of drug-likeness (QED) is 0.907. The first-order valence-electron chi connectivity index (χ1n) is 7.39. The highest BCUT2D eigenvalue weighted by atomic mass is 16.5. The SMILES string of the molecule is Cc1ccc(OC(Cc2c(C)cc(C)cc2C)C(=O)O)cc1. The molecule has 0 aliphatic rings. The number of ether oxygens (including phenoxy) is 1. The number of aryl methyl sites for hydroxylation is 4. The summed E-state index contributed by atoms with van der Waals surface area (Å²) in [6.45, 7) is 8.05. The Kier molecular flexibility index (Phi) is 4.86. The third-order valence-electron chi connectivity index (χ3n) is 3.80. The number of rotatable bonds is 5. The van der Waals surface area contributed by atoms with Crippen molar-refractivity contribution < 1.29 is 14.6 Å². The van der Waals surface area contributed by atoms with Crippen LogP contribution in [-0.2, 0) is 11.2 Å². The smallest absolute Gasteiger partial charge is 0.345 e. The van der Waals surface area contributed by atoms with Gasteiger partial charge in [-0.05, 0) is 56.5 Å². The molecule has 1 atom stereocenters. The van der Waals surface area contributed by atoms with Crippen molar-refractivity contribution in [2.75, 3.05) is 0 Å². The van der Waals surface area contributed by atoms with Gasteiger partial charge in [0.15, 0.2) is 6.10 Å². The van der Waals surface area contributed by atoms with E-state index in [1.165, 1.54) is 5.56 Å². The molecule has 0 spiro atoms. The van der Waals surface area contributed by atoms with E-state index in [0.717, 1.165) is 22.3 Å². The second-order valence-electron chi connectivity index (χ2n) is 5.84. The van der Waals surface area contributed by atoms with Gasteiger partial charge in [-0.3, -0.25) is 0 Å². The molecule has 0 fully saturated rings. The zero-order valence-electron chi connectivity index (χ0n) is 13.5. The van der Waals surface area contributed by atoms with Crippen LogP contribution in [0.3, 0.4) is 0 Å². The topological polar surface area (TPSA) is 46.5 Å². The van der Waals surface area contributed by atoms with Crippen LogP contribution < -0.4 is 4.74 Å². The highest BCUT2D eigenvalue weighted by Gasteiger charge is 2.22. The summed E-state index contributed by atoms with van der Waals surface area (Å²) < 4.78 is 5.68. The molecule has 116 valence electrons. The van der Waals surface area contributed by atoms with Crippen LogP contribution in [0.25, 0.3) is 0 Å². The first-order valence-corrected chi connectivity index (χ1v) is 7.39. The molecule has 0 aromatic heterocycles. The van der Waals surface area contributed by atoms with Gasteiger partial charge in [-0.15, -0.1) is 0 Å². The number of carboxylic acid groups (broad SMARTS) is 1. The molecule has 0 amide bonds. The van der Waals surface area contributed by atoms with Gasteiger partial charge in [0.1, 0.15) is 5.75 Å². The van der Waals surface area contributed by atoms with Crippen molar-refractivity contribution in [1.29, 1.82) is 0 Å². The summed E-state index contributed by atoms with van der Waals surface area (Å²) >= 11 is 0. The molecular formula is C19H22O3. The molecule has 0 aliphatic heterocycles. The van der Waals surface area contributed by atoms with Gasteiger partial charge in [0.2, 0.25) is 0 Å². The molecule has 0 saturated heterocycles. The Morgan fingerprint density at radius 2 is 1.55 bits per heavy atom. The molecule has 0 aliphatic carbocycles. The van der Waals surface area contributed by atoms with Crippen molar-refractivity contribution in [3.8, 4) is 5.75 Å². The molecule has 2 rings (SSSR count). The van der Waals surface area contributed by atoms with E-state index in [0.29, 0.717) is 12.2 Å². The number of carbonyl (C=O) groups is 1. The van der Waals surface area contributed by atoms with Gasteiger partial charge in [0.25, 0.3) is 0 Å². The maximum absolute atomic E-state index is 11.5. The van der Waals surface area contributed by atoms with Crippen molar-refractivity contribution in [3.63, 3.8) is 0 Å². The van der Waals surface area contributed by atoms with Crippen molar-refractivity contribution in [2.24, 2.45) is 0 Å². The second-order valence-corrected chi connectivity index (χ2v) is 5.84. The number of aliphatic carboxylic acids is 1. The lowest BCUT2D eigenvalue weighted by Gasteiger charge is -2.18. The lowest BCUT2D eigenvalue weighted by Crippen LogP contribution is -2.30. The summed E-state index contributed by atoms with van der Waals surface area (Å²) in [4.78, 5) is 11.5. The Balaban J connectivity index is 2.23. The third-order valence-corrected chi connectivity index (χ3v) is 3.80. The third kappa shape index (κ3) is 3.88. The van der Waals surface area contributed by atoms with Crippen LogP contribution in [0.5, 0.6) is 5.75 Å². The standard InChI is InChI=1S/C19H22O3/c1-12-5-7-16(8-6-12)22-18(19(20)21)11-17-14(3)9-13(2)10-15(17)4/h5-10,18H,11H2,1-4H3,(H,20,21). The molecule has 3 heteroatoms. The highest BCUT2D eigenvalue weighted by molar-refractivity contribution is 5.73.